The molecular weight excluding hydrogens is 259 g/mol. The zero-order chi connectivity index (χ0) is 13.9. The first-order valence-corrected chi connectivity index (χ1v) is 7.18. The normalized spacial score (nSPS) is 21.8. The van der Waals surface area contributed by atoms with Gasteiger partial charge in [-0.25, -0.2) is 4.39 Å². The van der Waals surface area contributed by atoms with Crippen LogP contribution in [0.4, 0.5) is 15.8 Å². The molecule has 0 spiro atoms. The maximum absolute atomic E-state index is 13.9. The van der Waals surface area contributed by atoms with E-state index in [1.165, 1.54) is 6.07 Å². The second-order valence-corrected chi connectivity index (χ2v) is 5.47. The number of ether oxygens (including phenoxy) is 1. The fourth-order valence-corrected chi connectivity index (χ4v) is 2.36. The van der Waals surface area contributed by atoms with Crippen LogP contribution in [0.15, 0.2) is 18.2 Å². The minimum Gasteiger partial charge on any atom is -0.380 e. The van der Waals surface area contributed by atoms with E-state index in [0.717, 1.165) is 32.3 Å². The van der Waals surface area contributed by atoms with Gasteiger partial charge in [-0.3, -0.25) is 4.79 Å². The van der Waals surface area contributed by atoms with Crippen molar-refractivity contribution in [3.63, 3.8) is 0 Å². The number of carbonyl (C=O) groups is 1. The molecule has 2 N–H and O–H groups in total. The van der Waals surface area contributed by atoms with Gasteiger partial charge in [-0.1, -0.05) is 0 Å². The molecule has 1 unspecified atom stereocenters. The van der Waals surface area contributed by atoms with Crippen molar-refractivity contribution in [1.29, 1.82) is 0 Å². The van der Waals surface area contributed by atoms with Gasteiger partial charge in [-0.05, 0) is 43.9 Å². The van der Waals surface area contributed by atoms with Crippen molar-refractivity contribution in [2.75, 3.05) is 23.8 Å². The average molecular weight is 278 g/mol. The fourth-order valence-electron chi connectivity index (χ4n) is 2.36. The van der Waals surface area contributed by atoms with E-state index >= 15 is 0 Å². The van der Waals surface area contributed by atoms with Crippen molar-refractivity contribution >= 4 is 17.3 Å². The Kier molecular flexibility index (Phi) is 3.87. The van der Waals surface area contributed by atoms with Crippen LogP contribution in [0.1, 0.15) is 25.7 Å². The van der Waals surface area contributed by atoms with Crippen LogP contribution in [-0.4, -0.2) is 25.2 Å². The van der Waals surface area contributed by atoms with Crippen LogP contribution < -0.4 is 10.6 Å². The maximum Gasteiger partial charge on any atom is 0.227 e. The summed E-state index contributed by atoms with van der Waals surface area (Å²) in [6.45, 7) is 1.41. The quantitative estimate of drug-likeness (QED) is 0.870. The highest BCUT2D eigenvalue weighted by atomic mass is 19.1. The van der Waals surface area contributed by atoms with Crippen molar-refractivity contribution in [1.82, 2.24) is 0 Å². The summed E-state index contributed by atoms with van der Waals surface area (Å²) in [6.07, 6.45) is 4.14. The largest absolute Gasteiger partial charge is 0.380 e. The topological polar surface area (TPSA) is 50.4 Å². The zero-order valence-electron chi connectivity index (χ0n) is 11.3. The number of amides is 1. The lowest BCUT2D eigenvalue weighted by Crippen LogP contribution is -2.19. The summed E-state index contributed by atoms with van der Waals surface area (Å²) in [7, 11) is 0. The molecule has 1 aromatic rings. The van der Waals surface area contributed by atoms with Crippen molar-refractivity contribution in [3.05, 3.63) is 24.0 Å². The second kappa shape index (κ2) is 5.79. The van der Waals surface area contributed by atoms with Gasteiger partial charge in [0.15, 0.2) is 0 Å². The third-order valence-electron chi connectivity index (χ3n) is 3.73. The Hall–Kier alpha value is -1.62. The van der Waals surface area contributed by atoms with E-state index < -0.39 is 0 Å². The molecule has 3 rings (SSSR count). The smallest absolute Gasteiger partial charge is 0.227 e. The Morgan fingerprint density at radius 2 is 2.20 bits per heavy atom. The molecule has 2 aliphatic rings. The van der Waals surface area contributed by atoms with Crippen molar-refractivity contribution in [2.24, 2.45) is 5.92 Å². The molecule has 0 radical (unpaired) electrons. The summed E-state index contributed by atoms with van der Waals surface area (Å²) in [4.78, 5) is 11.6. The molecule has 4 nitrogen and oxygen atoms in total. The number of rotatable bonds is 5. The van der Waals surface area contributed by atoms with Gasteiger partial charge in [-0.15, -0.1) is 0 Å². The minimum atomic E-state index is -0.350. The van der Waals surface area contributed by atoms with Gasteiger partial charge < -0.3 is 15.4 Å². The molecule has 0 aromatic heterocycles. The second-order valence-electron chi connectivity index (χ2n) is 5.47. The van der Waals surface area contributed by atoms with Crippen LogP contribution in [-0.2, 0) is 9.53 Å². The molecule has 2 fully saturated rings. The summed E-state index contributed by atoms with van der Waals surface area (Å²) < 4.78 is 19.4. The first-order valence-electron chi connectivity index (χ1n) is 7.18. The number of halogens is 1. The van der Waals surface area contributed by atoms with E-state index in [9.17, 15) is 9.18 Å². The molecule has 5 heteroatoms. The third-order valence-corrected chi connectivity index (χ3v) is 3.73. The predicted molar refractivity (Wildman–Crippen MR) is 75.2 cm³/mol. The van der Waals surface area contributed by atoms with Crippen LogP contribution in [0.3, 0.4) is 0 Å². The lowest BCUT2D eigenvalue weighted by atomic mass is 10.2. The van der Waals surface area contributed by atoms with E-state index in [0.29, 0.717) is 17.9 Å². The number of carbonyl (C=O) groups excluding carboxylic acids is 1. The van der Waals surface area contributed by atoms with Gasteiger partial charge in [0, 0.05) is 24.8 Å². The van der Waals surface area contributed by atoms with Crippen LogP contribution in [0, 0.1) is 11.7 Å². The first-order chi connectivity index (χ1) is 9.72. The first kappa shape index (κ1) is 13.4. The SMILES string of the molecule is O=C(Nc1ccc(NCC2CCCO2)c(F)c1)C1CC1. The number of anilines is 2. The third kappa shape index (κ3) is 3.28. The Morgan fingerprint density at radius 1 is 1.35 bits per heavy atom. The lowest BCUT2D eigenvalue weighted by Gasteiger charge is -2.13. The van der Waals surface area contributed by atoms with Gasteiger partial charge in [0.05, 0.1) is 11.8 Å². The van der Waals surface area contributed by atoms with Gasteiger partial charge in [0.25, 0.3) is 0 Å². The Labute approximate surface area is 117 Å². The lowest BCUT2D eigenvalue weighted by molar-refractivity contribution is -0.117. The van der Waals surface area contributed by atoms with Crippen molar-refractivity contribution < 1.29 is 13.9 Å². The number of hydrogen-bond donors (Lipinski definition) is 2. The van der Waals surface area contributed by atoms with Gasteiger partial charge in [0.2, 0.25) is 5.91 Å². The summed E-state index contributed by atoms with van der Waals surface area (Å²) in [5.74, 6) is -0.239. The van der Waals surface area contributed by atoms with E-state index in [4.69, 9.17) is 4.74 Å². The number of nitrogens with one attached hydrogen (secondary N) is 2. The molecule has 0 bridgehead atoms. The maximum atomic E-state index is 13.9. The van der Waals surface area contributed by atoms with E-state index in [2.05, 4.69) is 10.6 Å². The fraction of sp³-hybridized carbons (Fsp3) is 0.533. The minimum absolute atomic E-state index is 0.00975. The van der Waals surface area contributed by atoms with Gasteiger partial charge in [-0.2, -0.15) is 0 Å². The Morgan fingerprint density at radius 3 is 2.85 bits per heavy atom. The highest BCUT2D eigenvalue weighted by Gasteiger charge is 2.29. The van der Waals surface area contributed by atoms with Crippen molar-refractivity contribution in [3.8, 4) is 0 Å². The van der Waals surface area contributed by atoms with E-state index in [-0.39, 0.29) is 23.7 Å². The van der Waals surface area contributed by atoms with Gasteiger partial charge in [0.1, 0.15) is 5.82 Å². The number of hydrogen-bond acceptors (Lipinski definition) is 3. The summed E-state index contributed by atoms with van der Waals surface area (Å²) in [5.41, 5.74) is 0.965. The monoisotopic (exact) mass is 278 g/mol. The molecule has 1 amide bonds. The van der Waals surface area contributed by atoms with Crippen molar-refractivity contribution in [2.45, 2.75) is 31.8 Å². The summed E-state index contributed by atoms with van der Waals surface area (Å²) in [5, 5.41) is 5.80. The molecule has 1 heterocycles. The summed E-state index contributed by atoms with van der Waals surface area (Å²) >= 11 is 0. The van der Waals surface area contributed by atoms with E-state index in [1.54, 1.807) is 12.1 Å². The molecule has 1 saturated heterocycles. The Bertz CT molecular complexity index is 497. The average Bonchev–Trinajstić information content (AvgIpc) is 3.16. The highest BCUT2D eigenvalue weighted by molar-refractivity contribution is 5.94. The molecule has 1 atom stereocenters. The highest BCUT2D eigenvalue weighted by Crippen LogP contribution is 2.30. The summed E-state index contributed by atoms with van der Waals surface area (Å²) in [6, 6.07) is 4.74. The van der Waals surface area contributed by atoms with Crippen LogP contribution in [0.5, 0.6) is 0 Å². The predicted octanol–water partition coefficient (Wildman–Crippen LogP) is 2.77. The van der Waals surface area contributed by atoms with E-state index in [1.807, 2.05) is 0 Å². The molecular formula is C15H19FN2O2. The molecule has 1 aliphatic heterocycles. The zero-order valence-corrected chi connectivity index (χ0v) is 11.3. The Balaban J connectivity index is 1.56. The molecule has 20 heavy (non-hydrogen) atoms. The van der Waals surface area contributed by atoms with Crippen LogP contribution >= 0.6 is 0 Å². The van der Waals surface area contributed by atoms with Gasteiger partial charge >= 0.3 is 0 Å². The standard InChI is InChI=1S/C15H19FN2O2/c16-13-8-11(18-15(19)10-3-4-10)5-6-14(13)17-9-12-2-1-7-20-12/h5-6,8,10,12,17H,1-4,7,9H2,(H,18,19). The van der Waals surface area contributed by atoms with Crippen LogP contribution in [0.2, 0.25) is 0 Å². The number of benzene rings is 1. The molecule has 108 valence electrons. The molecule has 1 aliphatic carbocycles. The van der Waals surface area contributed by atoms with Crippen LogP contribution in [0.25, 0.3) is 0 Å². The molecule has 1 saturated carbocycles. The molecule has 1 aromatic carbocycles.